The lowest BCUT2D eigenvalue weighted by Crippen LogP contribution is -2.18. The molecule has 0 fully saturated rings. The molecule has 18 heavy (non-hydrogen) atoms. The minimum Gasteiger partial charge on any atom is -0.493 e. The normalized spacial score (nSPS) is 13.6. The molecule has 0 amide bonds. The second-order valence-electron chi connectivity index (χ2n) is 4.18. The van der Waals surface area contributed by atoms with Crippen molar-refractivity contribution in [2.45, 2.75) is 32.4 Å². The highest BCUT2D eigenvalue weighted by atomic mass is 79.9. The van der Waals surface area contributed by atoms with Gasteiger partial charge in [0.25, 0.3) is 0 Å². The van der Waals surface area contributed by atoms with Crippen LogP contribution in [0, 0.1) is 11.3 Å². The fourth-order valence-corrected chi connectivity index (χ4v) is 2.16. The minimum atomic E-state index is -0.533. The number of nitriles is 1. The fourth-order valence-electron chi connectivity index (χ4n) is 1.58. The first-order chi connectivity index (χ1) is 8.47. The number of halogens is 1. The molecule has 0 aliphatic heterocycles. The molecule has 0 aliphatic carbocycles. The number of methoxy groups -OCH3 is 1. The predicted octanol–water partition coefficient (Wildman–Crippen LogP) is 2.64. The smallest absolute Gasteiger partial charge is 0.181 e. The van der Waals surface area contributed by atoms with Gasteiger partial charge in [0.2, 0.25) is 0 Å². The van der Waals surface area contributed by atoms with Gasteiger partial charge < -0.3 is 15.2 Å². The van der Waals surface area contributed by atoms with Crippen molar-refractivity contribution in [1.82, 2.24) is 0 Å². The summed E-state index contributed by atoms with van der Waals surface area (Å²) in [4.78, 5) is 0. The van der Waals surface area contributed by atoms with Gasteiger partial charge >= 0.3 is 0 Å². The van der Waals surface area contributed by atoms with Gasteiger partial charge in [0.15, 0.2) is 17.6 Å². The lowest BCUT2D eigenvalue weighted by atomic mass is 10.1. The van der Waals surface area contributed by atoms with E-state index in [0.29, 0.717) is 11.5 Å². The largest absolute Gasteiger partial charge is 0.493 e. The van der Waals surface area contributed by atoms with Gasteiger partial charge in [-0.05, 0) is 53.9 Å². The fraction of sp³-hybridized carbons (Fsp3) is 0.462. The van der Waals surface area contributed by atoms with Crippen molar-refractivity contribution < 1.29 is 9.47 Å². The van der Waals surface area contributed by atoms with Crippen molar-refractivity contribution in [3.63, 3.8) is 0 Å². The average molecular weight is 313 g/mol. The van der Waals surface area contributed by atoms with Crippen molar-refractivity contribution in [3.8, 4) is 17.6 Å². The van der Waals surface area contributed by atoms with Gasteiger partial charge in [0.05, 0.1) is 11.6 Å². The number of nitrogens with zero attached hydrogens (tertiary/aromatic N) is 1. The van der Waals surface area contributed by atoms with Crippen LogP contribution < -0.4 is 15.2 Å². The highest BCUT2D eigenvalue weighted by Crippen LogP contribution is 2.37. The third-order valence-electron chi connectivity index (χ3n) is 2.32. The quantitative estimate of drug-likeness (QED) is 0.907. The number of hydrogen-bond donors (Lipinski definition) is 1. The zero-order chi connectivity index (χ0) is 13.7. The maximum atomic E-state index is 8.78. The third-order valence-corrected chi connectivity index (χ3v) is 2.91. The van der Waals surface area contributed by atoms with E-state index in [1.165, 1.54) is 0 Å². The lowest BCUT2D eigenvalue weighted by molar-refractivity contribution is 0.258. The topological polar surface area (TPSA) is 68.3 Å². The molecule has 0 spiro atoms. The summed E-state index contributed by atoms with van der Waals surface area (Å²) in [5.41, 5.74) is 6.84. The van der Waals surface area contributed by atoms with Gasteiger partial charge in [0.1, 0.15) is 6.07 Å². The van der Waals surface area contributed by atoms with Crippen LogP contribution in [0.3, 0.4) is 0 Å². The molecule has 0 bridgehead atoms. The van der Waals surface area contributed by atoms with Gasteiger partial charge in [-0.2, -0.15) is 5.26 Å². The number of nitrogens with two attached hydrogens (primary N) is 1. The molecule has 0 heterocycles. The molecule has 0 saturated carbocycles. The standard InChI is InChI=1S/C13H17BrN2O2/c1-8(16)4-10-5-11(14)13(12(6-10)17-3)18-9(2)7-15/h5-6,8-9H,4,16H2,1-3H3. The van der Waals surface area contributed by atoms with Crippen LogP contribution in [-0.2, 0) is 6.42 Å². The first-order valence-corrected chi connectivity index (χ1v) is 6.45. The molecule has 0 saturated heterocycles. The Kier molecular flexibility index (Phi) is 5.45. The van der Waals surface area contributed by atoms with Crippen molar-refractivity contribution >= 4 is 15.9 Å². The summed E-state index contributed by atoms with van der Waals surface area (Å²) in [6.45, 7) is 3.63. The van der Waals surface area contributed by atoms with Crippen LogP contribution >= 0.6 is 15.9 Å². The van der Waals surface area contributed by atoms with Crippen LogP contribution in [0.15, 0.2) is 16.6 Å². The molecule has 0 radical (unpaired) electrons. The van der Waals surface area contributed by atoms with Crippen LogP contribution in [0.4, 0.5) is 0 Å². The van der Waals surface area contributed by atoms with Crippen LogP contribution in [-0.4, -0.2) is 19.3 Å². The number of rotatable bonds is 5. The van der Waals surface area contributed by atoms with Gasteiger partial charge in [-0.25, -0.2) is 0 Å². The van der Waals surface area contributed by atoms with E-state index in [-0.39, 0.29) is 6.04 Å². The van der Waals surface area contributed by atoms with E-state index < -0.39 is 6.10 Å². The first kappa shape index (κ1) is 14.8. The Bertz CT molecular complexity index is 455. The molecule has 0 aliphatic rings. The zero-order valence-corrected chi connectivity index (χ0v) is 12.3. The Morgan fingerprint density at radius 3 is 2.61 bits per heavy atom. The summed E-state index contributed by atoms with van der Waals surface area (Å²) >= 11 is 3.43. The van der Waals surface area contributed by atoms with Crippen molar-refractivity contribution in [2.75, 3.05) is 7.11 Å². The maximum Gasteiger partial charge on any atom is 0.181 e. The zero-order valence-electron chi connectivity index (χ0n) is 10.7. The van der Waals surface area contributed by atoms with Crippen molar-refractivity contribution in [3.05, 3.63) is 22.2 Å². The lowest BCUT2D eigenvalue weighted by Gasteiger charge is -2.16. The summed E-state index contributed by atoms with van der Waals surface area (Å²) in [7, 11) is 1.57. The summed E-state index contributed by atoms with van der Waals surface area (Å²) < 4.78 is 11.6. The average Bonchev–Trinajstić information content (AvgIpc) is 2.31. The number of benzene rings is 1. The predicted molar refractivity (Wildman–Crippen MR) is 73.8 cm³/mol. The Morgan fingerprint density at radius 1 is 1.44 bits per heavy atom. The van der Waals surface area contributed by atoms with E-state index in [1.54, 1.807) is 14.0 Å². The van der Waals surface area contributed by atoms with Crippen LogP contribution in [0.25, 0.3) is 0 Å². The van der Waals surface area contributed by atoms with Gasteiger partial charge in [-0.15, -0.1) is 0 Å². The Labute approximate surface area is 116 Å². The Balaban J connectivity index is 3.08. The van der Waals surface area contributed by atoms with Crippen molar-refractivity contribution in [2.24, 2.45) is 5.73 Å². The molecule has 0 aromatic heterocycles. The second kappa shape index (κ2) is 6.62. The minimum absolute atomic E-state index is 0.0754. The highest BCUT2D eigenvalue weighted by Gasteiger charge is 2.14. The first-order valence-electron chi connectivity index (χ1n) is 5.66. The van der Waals surface area contributed by atoms with Crippen LogP contribution in [0.5, 0.6) is 11.5 Å². The van der Waals surface area contributed by atoms with E-state index in [9.17, 15) is 0 Å². The highest BCUT2D eigenvalue weighted by molar-refractivity contribution is 9.10. The maximum absolute atomic E-state index is 8.78. The molecular weight excluding hydrogens is 296 g/mol. The van der Waals surface area contributed by atoms with Crippen LogP contribution in [0.1, 0.15) is 19.4 Å². The van der Waals surface area contributed by atoms with E-state index >= 15 is 0 Å². The molecular formula is C13H17BrN2O2. The van der Waals surface area contributed by atoms with E-state index in [4.69, 9.17) is 20.5 Å². The number of hydrogen-bond acceptors (Lipinski definition) is 4. The summed E-state index contributed by atoms with van der Waals surface area (Å²) in [5, 5.41) is 8.78. The Hall–Kier alpha value is -1.25. The van der Waals surface area contributed by atoms with Gasteiger partial charge in [-0.1, -0.05) is 0 Å². The second-order valence-corrected chi connectivity index (χ2v) is 5.03. The summed E-state index contributed by atoms with van der Waals surface area (Å²) in [5.74, 6) is 1.14. The number of ether oxygens (including phenoxy) is 2. The summed E-state index contributed by atoms with van der Waals surface area (Å²) in [6, 6.07) is 5.91. The van der Waals surface area contributed by atoms with E-state index in [0.717, 1.165) is 16.5 Å². The molecule has 98 valence electrons. The molecule has 2 unspecified atom stereocenters. The van der Waals surface area contributed by atoms with Gasteiger partial charge in [0, 0.05) is 6.04 Å². The Morgan fingerprint density at radius 2 is 2.11 bits per heavy atom. The monoisotopic (exact) mass is 312 g/mol. The summed E-state index contributed by atoms with van der Waals surface area (Å²) in [6.07, 6.45) is 0.220. The van der Waals surface area contributed by atoms with Crippen molar-refractivity contribution in [1.29, 1.82) is 5.26 Å². The molecule has 1 rings (SSSR count). The molecule has 2 N–H and O–H groups in total. The third kappa shape index (κ3) is 3.90. The van der Waals surface area contributed by atoms with E-state index in [1.807, 2.05) is 25.1 Å². The molecule has 2 atom stereocenters. The molecule has 5 heteroatoms. The van der Waals surface area contributed by atoms with Crippen LogP contribution in [0.2, 0.25) is 0 Å². The molecule has 4 nitrogen and oxygen atoms in total. The molecule has 1 aromatic carbocycles. The van der Waals surface area contributed by atoms with Gasteiger partial charge in [-0.3, -0.25) is 0 Å². The molecule has 1 aromatic rings. The SMILES string of the molecule is COc1cc(CC(C)N)cc(Br)c1OC(C)C#N. The van der Waals surface area contributed by atoms with E-state index in [2.05, 4.69) is 15.9 Å².